The first-order chi connectivity index (χ1) is 19.6. The molecule has 0 saturated carbocycles. The van der Waals surface area contributed by atoms with Crippen molar-refractivity contribution in [1.29, 1.82) is 0 Å². The fraction of sp³-hybridized carbons (Fsp3) is 0.364. The fourth-order valence-electron chi connectivity index (χ4n) is 4.96. The van der Waals surface area contributed by atoms with Crippen molar-refractivity contribution in [3.8, 4) is 17.1 Å². The molecule has 0 fully saturated rings. The van der Waals surface area contributed by atoms with Crippen molar-refractivity contribution in [3.05, 3.63) is 78.9 Å². The Kier molecular flexibility index (Phi) is 10.7. The van der Waals surface area contributed by atoms with E-state index in [0.717, 1.165) is 85.4 Å². The van der Waals surface area contributed by atoms with Crippen molar-refractivity contribution in [3.63, 3.8) is 0 Å². The van der Waals surface area contributed by atoms with Crippen molar-refractivity contribution >= 4 is 28.7 Å². The highest BCUT2D eigenvalue weighted by molar-refractivity contribution is 5.86. The third-order valence-corrected chi connectivity index (χ3v) is 7.12. The minimum absolute atomic E-state index is 0.156. The second-order valence-electron chi connectivity index (χ2n) is 9.91. The molecule has 0 aliphatic rings. The molecule has 0 atom stereocenters. The van der Waals surface area contributed by atoms with Gasteiger partial charge >= 0.3 is 11.9 Å². The molecular formula is C33H39N3O4. The molecule has 4 rings (SSSR count). The number of aromatic nitrogens is 2. The van der Waals surface area contributed by atoms with Crippen LogP contribution < -0.4 is 4.90 Å². The second-order valence-corrected chi connectivity index (χ2v) is 9.91. The molecule has 7 heteroatoms. The Morgan fingerprint density at radius 2 is 1.30 bits per heavy atom. The zero-order valence-electron chi connectivity index (χ0n) is 23.6. The number of carbonyl (C=O) groups excluding carboxylic acids is 2. The summed E-state index contributed by atoms with van der Waals surface area (Å²) in [5.41, 5.74) is 5.28. The number of imidazole rings is 1. The van der Waals surface area contributed by atoms with E-state index in [1.807, 2.05) is 36.4 Å². The van der Waals surface area contributed by atoms with Gasteiger partial charge in [0.25, 0.3) is 0 Å². The Hall–Kier alpha value is -4.13. The first kappa shape index (κ1) is 28.9. The summed E-state index contributed by atoms with van der Waals surface area (Å²) in [5, 5.41) is 0. The van der Waals surface area contributed by atoms with Gasteiger partial charge in [-0.3, -0.25) is 14.2 Å². The van der Waals surface area contributed by atoms with Crippen LogP contribution in [0.25, 0.3) is 28.1 Å². The maximum absolute atomic E-state index is 11.5. The lowest BCUT2D eigenvalue weighted by molar-refractivity contribution is -0.141. The molecule has 40 heavy (non-hydrogen) atoms. The molecule has 0 aliphatic heterocycles. The van der Waals surface area contributed by atoms with Crippen molar-refractivity contribution < 1.29 is 19.1 Å². The normalized spacial score (nSPS) is 10.9. The van der Waals surface area contributed by atoms with E-state index in [-0.39, 0.29) is 11.9 Å². The summed E-state index contributed by atoms with van der Waals surface area (Å²) < 4.78 is 11.8. The van der Waals surface area contributed by atoms with E-state index in [4.69, 9.17) is 14.5 Å². The number of anilines is 1. The molecule has 0 amide bonds. The highest BCUT2D eigenvalue weighted by atomic mass is 16.5. The monoisotopic (exact) mass is 541 g/mol. The molecule has 0 bridgehead atoms. The Balaban J connectivity index is 1.57. The van der Waals surface area contributed by atoms with Gasteiger partial charge in [-0.15, -0.1) is 0 Å². The molecule has 0 radical (unpaired) electrons. The van der Waals surface area contributed by atoms with E-state index in [9.17, 15) is 9.59 Å². The summed E-state index contributed by atoms with van der Waals surface area (Å²) in [4.78, 5) is 30.5. The summed E-state index contributed by atoms with van der Waals surface area (Å²) in [6.07, 6.45) is 6.41. The van der Waals surface area contributed by atoms with Crippen LogP contribution in [0.15, 0.2) is 78.9 Å². The largest absolute Gasteiger partial charge is 0.469 e. The Morgan fingerprint density at radius 1 is 0.725 bits per heavy atom. The third kappa shape index (κ3) is 7.72. The third-order valence-electron chi connectivity index (χ3n) is 7.12. The predicted octanol–water partition coefficient (Wildman–Crippen LogP) is 6.97. The van der Waals surface area contributed by atoms with Crippen LogP contribution in [0.5, 0.6) is 0 Å². The maximum atomic E-state index is 11.5. The minimum atomic E-state index is -0.156. The maximum Gasteiger partial charge on any atom is 0.305 e. The van der Waals surface area contributed by atoms with Gasteiger partial charge in [-0.2, -0.15) is 0 Å². The number of esters is 2. The molecule has 7 nitrogen and oxygen atoms in total. The van der Waals surface area contributed by atoms with E-state index >= 15 is 0 Å². The minimum Gasteiger partial charge on any atom is -0.469 e. The second kappa shape index (κ2) is 14.9. The van der Waals surface area contributed by atoms with Crippen molar-refractivity contribution in [2.45, 2.75) is 51.4 Å². The highest BCUT2D eigenvalue weighted by Crippen LogP contribution is 2.31. The van der Waals surface area contributed by atoms with Crippen LogP contribution in [0.1, 0.15) is 51.4 Å². The molecule has 0 unspecified atom stereocenters. The van der Waals surface area contributed by atoms with Crippen LogP contribution in [-0.2, 0) is 19.1 Å². The number of fused-ring (bicyclic) bond motifs is 1. The van der Waals surface area contributed by atoms with E-state index in [1.54, 1.807) is 0 Å². The molecule has 0 saturated heterocycles. The fourth-order valence-corrected chi connectivity index (χ4v) is 4.96. The molecule has 1 aromatic heterocycles. The number of rotatable bonds is 15. The summed E-state index contributed by atoms with van der Waals surface area (Å²) in [7, 11) is 2.87. The topological polar surface area (TPSA) is 73.7 Å². The number of nitrogens with zero attached hydrogens (tertiary/aromatic N) is 3. The number of para-hydroxylation sites is 1. The molecule has 0 spiro atoms. The Labute approximate surface area is 236 Å². The molecule has 1 heterocycles. The number of hydrogen-bond donors (Lipinski definition) is 0. The Morgan fingerprint density at radius 3 is 1.88 bits per heavy atom. The van der Waals surface area contributed by atoms with Crippen LogP contribution in [0.2, 0.25) is 0 Å². The van der Waals surface area contributed by atoms with Gasteiger partial charge in [-0.05, 0) is 56.0 Å². The van der Waals surface area contributed by atoms with Crippen LogP contribution >= 0.6 is 0 Å². The molecule has 210 valence electrons. The highest BCUT2D eigenvalue weighted by Gasteiger charge is 2.16. The van der Waals surface area contributed by atoms with Crippen LogP contribution in [0, 0.1) is 0 Å². The van der Waals surface area contributed by atoms with Crippen molar-refractivity contribution in [1.82, 2.24) is 9.55 Å². The van der Waals surface area contributed by atoms with E-state index in [1.165, 1.54) is 14.2 Å². The first-order valence-electron chi connectivity index (χ1n) is 14.1. The molecule has 0 aliphatic carbocycles. The summed E-state index contributed by atoms with van der Waals surface area (Å²) in [6, 6.07) is 27.2. The zero-order chi connectivity index (χ0) is 28.2. The van der Waals surface area contributed by atoms with Gasteiger partial charge in [0, 0.05) is 42.9 Å². The average Bonchev–Trinajstić information content (AvgIpc) is 3.39. The Bertz CT molecular complexity index is 1340. The summed E-state index contributed by atoms with van der Waals surface area (Å²) in [6.45, 7) is 1.77. The van der Waals surface area contributed by atoms with Crippen LogP contribution in [0.3, 0.4) is 0 Å². The molecule has 0 N–H and O–H groups in total. The van der Waals surface area contributed by atoms with E-state index in [2.05, 4.69) is 51.9 Å². The smallest absolute Gasteiger partial charge is 0.305 e. The summed E-state index contributed by atoms with van der Waals surface area (Å²) in [5.74, 6) is 0.600. The van der Waals surface area contributed by atoms with Crippen molar-refractivity contribution in [2.24, 2.45) is 0 Å². The number of carbonyl (C=O) groups is 2. The lowest BCUT2D eigenvalue weighted by Gasteiger charge is -2.25. The quantitative estimate of drug-likeness (QED) is 0.120. The van der Waals surface area contributed by atoms with Gasteiger partial charge in [0.15, 0.2) is 0 Å². The SMILES string of the molecule is COC(=O)CCCCCN(CCCCCC(=O)OC)c1ccc2c(c1)nc(-c1ccccc1)n2-c1ccccc1. The summed E-state index contributed by atoms with van der Waals surface area (Å²) >= 11 is 0. The van der Waals surface area contributed by atoms with Gasteiger partial charge in [-0.25, -0.2) is 4.98 Å². The van der Waals surface area contributed by atoms with Gasteiger partial charge in [0.2, 0.25) is 0 Å². The number of ether oxygens (including phenoxy) is 2. The van der Waals surface area contributed by atoms with Crippen molar-refractivity contribution in [2.75, 3.05) is 32.2 Å². The predicted molar refractivity (Wildman–Crippen MR) is 160 cm³/mol. The lowest BCUT2D eigenvalue weighted by Crippen LogP contribution is -2.25. The molecule has 4 aromatic rings. The lowest BCUT2D eigenvalue weighted by atomic mass is 10.1. The van der Waals surface area contributed by atoms with Gasteiger partial charge in [0.1, 0.15) is 5.82 Å². The van der Waals surface area contributed by atoms with Gasteiger partial charge < -0.3 is 14.4 Å². The molecular weight excluding hydrogens is 502 g/mol. The average molecular weight is 542 g/mol. The van der Waals surface area contributed by atoms with Crippen LogP contribution in [-0.4, -0.2) is 48.8 Å². The van der Waals surface area contributed by atoms with E-state index < -0.39 is 0 Å². The first-order valence-corrected chi connectivity index (χ1v) is 14.1. The number of unbranched alkanes of at least 4 members (excludes halogenated alkanes) is 4. The standard InChI is InChI=1S/C33H39N3O4/c1-39-31(37)19-11-5-13-23-35(24-14-6-12-20-32(38)40-2)28-21-22-30-29(25-28)34-33(26-15-7-3-8-16-26)36(30)27-17-9-4-10-18-27/h3-4,7-10,15-18,21-22,25H,5-6,11-14,19-20,23-24H2,1-2H3. The number of hydrogen-bond acceptors (Lipinski definition) is 6. The number of benzene rings is 3. The van der Waals surface area contributed by atoms with Gasteiger partial charge in [-0.1, -0.05) is 61.4 Å². The molecule has 3 aromatic carbocycles. The van der Waals surface area contributed by atoms with Crippen LogP contribution in [0.4, 0.5) is 5.69 Å². The zero-order valence-corrected chi connectivity index (χ0v) is 23.6. The van der Waals surface area contributed by atoms with Gasteiger partial charge in [0.05, 0.1) is 25.3 Å². The van der Waals surface area contributed by atoms with E-state index in [0.29, 0.717) is 12.8 Å². The number of methoxy groups -OCH3 is 2.